The van der Waals surface area contributed by atoms with E-state index in [2.05, 4.69) is 4.98 Å². The Hall–Kier alpha value is -1.60. The van der Waals surface area contributed by atoms with Crippen molar-refractivity contribution >= 4 is 11.8 Å². The standard InChI is InChI=1S/C16H17NO4S/c18-13-9-22-16(15(20)14(13)19)21-12-5-3-10(4-6-12)11-2-1-7-17-8-11/h1-8,13-16,18-20H,9H2/t13-,14+,15-,16-/m1/s1. The zero-order valence-electron chi connectivity index (χ0n) is 11.7. The lowest BCUT2D eigenvalue weighted by Gasteiger charge is -2.34. The molecular weight excluding hydrogens is 302 g/mol. The predicted molar refractivity (Wildman–Crippen MR) is 84.6 cm³/mol. The van der Waals surface area contributed by atoms with E-state index in [4.69, 9.17) is 4.74 Å². The number of rotatable bonds is 3. The van der Waals surface area contributed by atoms with Crippen LogP contribution in [0.3, 0.4) is 0 Å². The van der Waals surface area contributed by atoms with Gasteiger partial charge in [0.25, 0.3) is 0 Å². The molecule has 3 rings (SSSR count). The van der Waals surface area contributed by atoms with E-state index >= 15 is 0 Å². The topological polar surface area (TPSA) is 82.8 Å². The Labute approximate surface area is 132 Å². The summed E-state index contributed by atoms with van der Waals surface area (Å²) < 4.78 is 5.70. The smallest absolute Gasteiger partial charge is 0.173 e. The normalized spacial score (nSPS) is 28.3. The van der Waals surface area contributed by atoms with Gasteiger partial charge < -0.3 is 20.1 Å². The van der Waals surface area contributed by atoms with Gasteiger partial charge in [0.05, 0.1) is 6.10 Å². The first kappa shape index (κ1) is 15.3. The second-order valence-electron chi connectivity index (χ2n) is 5.13. The van der Waals surface area contributed by atoms with Crippen LogP contribution in [0.1, 0.15) is 0 Å². The van der Waals surface area contributed by atoms with Gasteiger partial charge in [0.15, 0.2) is 5.44 Å². The number of thioether (sulfide) groups is 1. The highest BCUT2D eigenvalue weighted by Gasteiger charge is 2.38. The lowest BCUT2D eigenvalue weighted by atomic mass is 10.1. The molecule has 0 radical (unpaired) electrons. The van der Waals surface area contributed by atoms with Crippen molar-refractivity contribution in [2.24, 2.45) is 0 Å². The molecule has 2 heterocycles. The van der Waals surface area contributed by atoms with E-state index in [0.29, 0.717) is 11.5 Å². The summed E-state index contributed by atoms with van der Waals surface area (Å²) in [7, 11) is 0. The van der Waals surface area contributed by atoms with Crippen LogP contribution < -0.4 is 4.74 Å². The molecule has 0 spiro atoms. The Morgan fingerprint density at radius 1 is 1.00 bits per heavy atom. The summed E-state index contributed by atoms with van der Waals surface area (Å²) in [5.41, 5.74) is 1.44. The Morgan fingerprint density at radius 3 is 2.45 bits per heavy atom. The van der Waals surface area contributed by atoms with Crippen LogP contribution in [0.2, 0.25) is 0 Å². The third-order valence-electron chi connectivity index (χ3n) is 3.56. The SMILES string of the molecule is O[C@@H]1[C@@H](O)[C@H](Oc2ccc(-c3cccnc3)cc2)SC[C@H]1O. The van der Waals surface area contributed by atoms with Crippen LogP contribution in [-0.4, -0.2) is 49.8 Å². The van der Waals surface area contributed by atoms with Gasteiger partial charge in [0.1, 0.15) is 18.0 Å². The van der Waals surface area contributed by atoms with Gasteiger partial charge >= 0.3 is 0 Å². The lowest BCUT2D eigenvalue weighted by molar-refractivity contribution is -0.0786. The average Bonchev–Trinajstić information content (AvgIpc) is 2.57. The highest BCUT2D eigenvalue weighted by atomic mass is 32.2. The van der Waals surface area contributed by atoms with Gasteiger partial charge in [-0.15, -0.1) is 11.8 Å². The van der Waals surface area contributed by atoms with Crippen LogP contribution >= 0.6 is 11.8 Å². The summed E-state index contributed by atoms with van der Waals surface area (Å²) in [4.78, 5) is 4.08. The molecule has 1 aromatic heterocycles. The van der Waals surface area contributed by atoms with Crippen molar-refractivity contribution in [3.8, 4) is 16.9 Å². The van der Waals surface area contributed by atoms with Crippen LogP contribution in [0.4, 0.5) is 0 Å². The van der Waals surface area contributed by atoms with Crippen molar-refractivity contribution in [3.63, 3.8) is 0 Å². The fraction of sp³-hybridized carbons (Fsp3) is 0.312. The van der Waals surface area contributed by atoms with E-state index in [-0.39, 0.29) is 0 Å². The molecule has 116 valence electrons. The van der Waals surface area contributed by atoms with Gasteiger partial charge in [0, 0.05) is 18.1 Å². The van der Waals surface area contributed by atoms with Crippen molar-refractivity contribution in [3.05, 3.63) is 48.8 Å². The van der Waals surface area contributed by atoms with Crippen molar-refractivity contribution in [2.45, 2.75) is 23.7 Å². The van der Waals surface area contributed by atoms with E-state index in [9.17, 15) is 15.3 Å². The Bertz CT molecular complexity index is 607. The van der Waals surface area contributed by atoms with Crippen LogP contribution in [0.5, 0.6) is 5.75 Å². The summed E-state index contributed by atoms with van der Waals surface area (Å²) in [6.45, 7) is 0. The number of aliphatic hydroxyl groups excluding tert-OH is 3. The van der Waals surface area contributed by atoms with E-state index in [1.807, 2.05) is 36.4 Å². The minimum absolute atomic E-state index is 0.330. The first-order valence-electron chi connectivity index (χ1n) is 6.98. The highest BCUT2D eigenvalue weighted by molar-refractivity contribution is 7.99. The molecule has 0 saturated carbocycles. The van der Waals surface area contributed by atoms with Crippen molar-refractivity contribution in [1.82, 2.24) is 4.98 Å². The van der Waals surface area contributed by atoms with E-state index in [1.165, 1.54) is 11.8 Å². The molecule has 1 saturated heterocycles. The summed E-state index contributed by atoms with van der Waals surface area (Å²) in [6, 6.07) is 11.3. The quantitative estimate of drug-likeness (QED) is 0.791. The van der Waals surface area contributed by atoms with Gasteiger partial charge in [0.2, 0.25) is 0 Å². The zero-order valence-corrected chi connectivity index (χ0v) is 12.6. The van der Waals surface area contributed by atoms with E-state index < -0.39 is 23.7 Å². The predicted octanol–water partition coefficient (Wildman–Crippen LogP) is 1.28. The monoisotopic (exact) mass is 319 g/mol. The Morgan fingerprint density at radius 2 is 1.77 bits per heavy atom. The molecule has 1 aromatic carbocycles. The first-order valence-corrected chi connectivity index (χ1v) is 8.03. The molecule has 0 aliphatic carbocycles. The van der Waals surface area contributed by atoms with Crippen LogP contribution in [0.25, 0.3) is 11.1 Å². The number of benzene rings is 1. The zero-order chi connectivity index (χ0) is 15.5. The largest absolute Gasteiger partial charge is 0.477 e. The maximum Gasteiger partial charge on any atom is 0.173 e. The molecule has 22 heavy (non-hydrogen) atoms. The fourth-order valence-corrected chi connectivity index (χ4v) is 3.40. The average molecular weight is 319 g/mol. The number of aliphatic hydroxyl groups is 3. The molecule has 2 aromatic rings. The maximum atomic E-state index is 9.94. The van der Waals surface area contributed by atoms with Crippen LogP contribution in [-0.2, 0) is 0 Å². The number of pyridine rings is 1. The summed E-state index contributed by atoms with van der Waals surface area (Å²) >= 11 is 1.29. The minimum Gasteiger partial charge on any atom is -0.477 e. The first-order chi connectivity index (χ1) is 10.6. The van der Waals surface area contributed by atoms with E-state index in [0.717, 1.165) is 11.1 Å². The molecule has 6 heteroatoms. The molecule has 3 N–H and O–H groups in total. The van der Waals surface area contributed by atoms with Gasteiger partial charge in [-0.3, -0.25) is 4.98 Å². The third-order valence-corrected chi connectivity index (χ3v) is 4.79. The Kier molecular flexibility index (Phi) is 4.63. The van der Waals surface area contributed by atoms with Crippen LogP contribution in [0.15, 0.2) is 48.8 Å². The number of nitrogens with zero attached hydrogens (tertiary/aromatic N) is 1. The molecule has 0 bridgehead atoms. The minimum atomic E-state index is -1.18. The van der Waals surface area contributed by atoms with Crippen molar-refractivity contribution < 1.29 is 20.1 Å². The second kappa shape index (κ2) is 6.66. The molecule has 1 aliphatic heterocycles. The van der Waals surface area contributed by atoms with Gasteiger partial charge in [-0.1, -0.05) is 18.2 Å². The second-order valence-corrected chi connectivity index (χ2v) is 6.27. The molecule has 0 unspecified atom stereocenters. The molecule has 1 fully saturated rings. The number of ether oxygens (including phenoxy) is 1. The number of hydrogen-bond donors (Lipinski definition) is 3. The summed E-state index contributed by atoms with van der Waals surface area (Å²) in [6.07, 6.45) is 0.289. The van der Waals surface area contributed by atoms with Crippen molar-refractivity contribution in [1.29, 1.82) is 0 Å². The number of hydrogen-bond acceptors (Lipinski definition) is 6. The molecule has 0 amide bonds. The summed E-state index contributed by atoms with van der Waals surface area (Å²) in [5, 5.41) is 29.1. The van der Waals surface area contributed by atoms with Gasteiger partial charge in [-0.05, 0) is 29.3 Å². The molecule has 1 aliphatic rings. The molecular formula is C16H17NO4S. The highest BCUT2D eigenvalue weighted by Crippen LogP contribution is 2.30. The maximum absolute atomic E-state index is 9.94. The fourth-order valence-electron chi connectivity index (χ4n) is 2.28. The lowest BCUT2D eigenvalue weighted by Crippen LogP contribution is -2.50. The Balaban J connectivity index is 1.69. The molecule has 5 nitrogen and oxygen atoms in total. The summed E-state index contributed by atoms with van der Waals surface area (Å²) in [5.74, 6) is 0.934. The third kappa shape index (κ3) is 3.25. The molecule has 4 atom stereocenters. The van der Waals surface area contributed by atoms with Crippen LogP contribution in [0, 0.1) is 0 Å². The van der Waals surface area contributed by atoms with Gasteiger partial charge in [-0.25, -0.2) is 0 Å². The van der Waals surface area contributed by atoms with E-state index in [1.54, 1.807) is 12.4 Å². The number of aromatic nitrogens is 1. The van der Waals surface area contributed by atoms with Crippen molar-refractivity contribution in [2.75, 3.05) is 5.75 Å². The van der Waals surface area contributed by atoms with Gasteiger partial charge in [-0.2, -0.15) is 0 Å².